The van der Waals surface area contributed by atoms with Crippen LogP contribution in [0.2, 0.25) is 0 Å². The zero-order valence-electron chi connectivity index (χ0n) is 9.87. The molecule has 0 atom stereocenters. The largest absolute Gasteiger partial charge is 0.283 e. The SMILES string of the molecule is CN1C(=O)c2ccc(NS(=O)(=O)CC#N)cc2C1=O. The molecular formula is C11H9N3O4S. The average Bonchev–Trinajstić information content (AvgIpc) is 2.54. The zero-order chi connectivity index (χ0) is 14.2. The molecule has 98 valence electrons. The number of imide groups is 1. The molecule has 1 aliphatic rings. The van der Waals surface area contributed by atoms with E-state index in [-0.39, 0.29) is 16.8 Å². The van der Waals surface area contributed by atoms with Crippen molar-refractivity contribution in [1.82, 2.24) is 4.90 Å². The Morgan fingerprint density at radius 1 is 1.26 bits per heavy atom. The Bertz CT molecular complexity index is 718. The van der Waals surface area contributed by atoms with Crippen molar-refractivity contribution in [2.75, 3.05) is 17.5 Å². The minimum atomic E-state index is -3.77. The maximum Gasteiger partial charge on any atom is 0.261 e. The number of anilines is 1. The Labute approximate surface area is 109 Å². The lowest BCUT2D eigenvalue weighted by atomic mass is 10.1. The van der Waals surface area contributed by atoms with Crippen molar-refractivity contribution in [2.24, 2.45) is 0 Å². The third-order valence-electron chi connectivity index (χ3n) is 2.62. The second kappa shape index (κ2) is 4.37. The van der Waals surface area contributed by atoms with Crippen molar-refractivity contribution >= 4 is 27.5 Å². The highest BCUT2D eigenvalue weighted by Gasteiger charge is 2.32. The van der Waals surface area contributed by atoms with Gasteiger partial charge in [-0.15, -0.1) is 0 Å². The summed E-state index contributed by atoms with van der Waals surface area (Å²) in [5, 5.41) is 8.37. The van der Waals surface area contributed by atoms with Crippen molar-refractivity contribution in [1.29, 1.82) is 5.26 Å². The minimum Gasteiger partial charge on any atom is -0.283 e. The quantitative estimate of drug-likeness (QED) is 0.794. The molecule has 0 saturated carbocycles. The molecule has 2 amide bonds. The molecule has 0 aliphatic carbocycles. The summed E-state index contributed by atoms with van der Waals surface area (Å²) in [7, 11) is -2.42. The molecular weight excluding hydrogens is 270 g/mol. The van der Waals surface area contributed by atoms with E-state index in [9.17, 15) is 18.0 Å². The van der Waals surface area contributed by atoms with Crippen LogP contribution < -0.4 is 4.72 Å². The van der Waals surface area contributed by atoms with Gasteiger partial charge in [-0.1, -0.05) is 0 Å². The van der Waals surface area contributed by atoms with E-state index in [1.807, 2.05) is 0 Å². The van der Waals surface area contributed by atoms with Crippen LogP contribution in [0.25, 0.3) is 0 Å². The molecule has 1 aromatic rings. The number of sulfonamides is 1. The molecule has 0 aromatic heterocycles. The standard InChI is InChI=1S/C11H9N3O4S/c1-14-10(15)8-3-2-7(6-9(8)11(14)16)13-19(17,18)5-4-12/h2-3,6,13H,5H2,1H3. The van der Waals surface area contributed by atoms with Gasteiger partial charge in [-0.05, 0) is 18.2 Å². The van der Waals surface area contributed by atoms with Crippen LogP contribution >= 0.6 is 0 Å². The van der Waals surface area contributed by atoms with Gasteiger partial charge in [0.15, 0.2) is 5.75 Å². The van der Waals surface area contributed by atoms with Crippen LogP contribution in [0.1, 0.15) is 20.7 Å². The predicted molar refractivity (Wildman–Crippen MR) is 65.9 cm³/mol. The fraction of sp³-hybridized carbons (Fsp3) is 0.182. The number of carbonyl (C=O) groups is 2. The van der Waals surface area contributed by atoms with Gasteiger partial charge in [0, 0.05) is 12.7 Å². The lowest BCUT2D eigenvalue weighted by Gasteiger charge is -2.05. The first kappa shape index (κ1) is 13.0. The van der Waals surface area contributed by atoms with Crippen LogP contribution in [0, 0.1) is 11.3 Å². The number of fused-ring (bicyclic) bond motifs is 1. The molecule has 0 spiro atoms. The van der Waals surface area contributed by atoms with Gasteiger partial charge in [0.1, 0.15) is 0 Å². The van der Waals surface area contributed by atoms with Crippen LogP contribution in [0.5, 0.6) is 0 Å². The number of rotatable bonds is 3. The van der Waals surface area contributed by atoms with Gasteiger partial charge in [0.25, 0.3) is 11.8 Å². The van der Waals surface area contributed by atoms with E-state index >= 15 is 0 Å². The second-order valence-electron chi connectivity index (χ2n) is 3.95. The summed E-state index contributed by atoms with van der Waals surface area (Å²) in [6.07, 6.45) is 0. The van der Waals surface area contributed by atoms with E-state index < -0.39 is 27.6 Å². The van der Waals surface area contributed by atoms with Gasteiger partial charge < -0.3 is 0 Å². The summed E-state index contributed by atoms with van der Waals surface area (Å²) < 4.78 is 25.0. The Morgan fingerprint density at radius 2 is 1.89 bits per heavy atom. The Balaban J connectivity index is 2.37. The van der Waals surface area contributed by atoms with Gasteiger partial charge >= 0.3 is 0 Å². The second-order valence-corrected chi connectivity index (χ2v) is 5.67. The van der Waals surface area contributed by atoms with E-state index in [2.05, 4.69) is 4.72 Å². The predicted octanol–water partition coefficient (Wildman–Crippen LogP) is 0.178. The number of nitrogens with zero attached hydrogens (tertiary/aromatic N) is 2. The summed E-state index contributed by atoms with van der Waals surface area (Å²) in [6, 6.07) is 5.56. The third-order valence-corrected chi connectivity index (χ3v) is 3.67. The van der Waals surface area contributed by atoms with Gasteiger partial charge in [-0.25, -0.2) is 8.42 Å². The summed E-state index contributed by atoms with van der Waals surface area (Å²) in [4.78, 5) is 24.3. The van der Waals surface area contributed by atoms with Crippen molar-refractivity contribution in [3.05, 3.63) is 29.3 Å². The molecule has 2 rings (SSSR count). The fourth-order valence-corrected chi connectivity index (χ4v) is 2.45. The number of hydrogen-bond donors (Lipinski definition) is 1. The van der Waals surface area contributed by atoms with Crippen molar-refractivity contribution in [3.63, 3.8) is 0 Å². The zero-order valence-corrected chi connectivity index (χ0v) is 10.7. The summed E-state index contributed by atoms with van der Waals surface area (Å²) in [5.41, 5.74) is 0.519. The topological polar surface area (TPSA) is 107 Å². The van der Waals surface area contributed by atoms with Crippen LogP contribution in [0.3, 0.4) is 0 Å². The van der Waals surface area contributed by atoms with Crippen molar-refractivity contribution in [3.8, 4) is 6.07 Å². The smallest absolute Gasteiger partial charge is 0.261 e. The molecule has 1 aromatic carbocycles. The van der Waals surface area contributed by atoms with E-state index in [1.54, 1.807) is 0 Å². The van der Waals surface area contributed by atoms with Gasteiger partial charge in [-0.3, -0.25) is 19.2 Å². The summed E-state index contributed by atoms with van der Waals surface area (Å²) in [6.45, 7) is 0. The van der Waals surface area contributed by atoms with Crippen LogP contribution in [-0.4, -0.2) is 37.9 Å². The Morgan fingerprint density at radius 3 is 2.53 bits per heavy atom. The van der Waals surface area contributed by atoms with E-state index in [0.29, 0.717) is 0 Å². The number of nitrogens with one attached hydrogen (secondary N) is 1. The number of nitriles is 1. The van der Waals surface area contributed by atoms with E-state index in [4.69, 9.17) is 5.26 Å². The maximum atomic E-state index is 11.7. The molecule has 0 unspecified atom stereocenters. The van der Waals surface area contributed by atoms with Crippen molar-refractivity contribution < 1.29 is 18.0 Å². The van der Waals surface area contributed by atoms with Crippen molar-refractivity contribution in [2.45, 2.75) is 0 Å². The van der Waals surface area contributed by atoms with E-state index in [0.717, 1.165) is 4.90 Å². The highest BCUT2D eigenvalue weighted by Crippen LogP contribution is 2.25. The molecule has 1 heterocycles. The molecule has 0 fully saturated rings. The normalized spacial score (nSPS) is 14.2. The Kier molecular flexibility index (Phi) is 3.00. The molecule has 0 bridgehead atoms. The first-order chi connectivity index (χ1) is 8.85. The first-order valence-corrected chi connectivity index (χ1v) is 6.85. The van der Waals surface area contributed by atoms with Gasteiger partial charge in [0.05, 0.1) is 17.2 Å². The Hall–Kier alpha value is -2.40. The summed E-state index contributed by atoms with van der Waals surface area (Å²) >= 11 is 0. The number of hydrogen-bond acceptors (Lipinski definition) is 5. The molecule has 0 saturated heterocycles. The van der Waals surface area contributed by atoms with Gasteiger partial charge in [0.2, 0.25) is 10.0 Å². The van der Waals surface area contributed by atoms with Crippen LogP contribution in [0.4, 0.5) is 5.69 Å². The van der Waals surface area contributed by atoms with Crippen LogP contribution in [-0.2, 0) is 10.0 Å². The highest BCUT2D eigenvalue weighted by atomic mass is 32.2. The average molecular weight is 279 g/mol. The number of carbonyl (C=O) groups excluding carboxylic acids is 2. The lowest BCUT2D eigenvalue weighted by molar-refractivity contribution is 0.0693. The highest BCUT2D eigenvalue weighted by molar-refractivity contribution is 7.92. The molecule has 19 heavy (non-hydrogen) atoms. The molecule has 8 heteroatoms. The number of amides is 2. The molecule has 0 radical (unpaired) electrons. The van der Waals surface area contributed by atoms with E-state index in [1.165, 1.54) is 31.3 Å². The molecule has 1 N–H and O–H groups in total. The third kappa shape index (κ3) is 2.28. The van der Waals surface area contributed by atoms with Gasteiger partial charge in [-0.2, -0.15) is 5.26 Å². The molecule has 1 aliphatic heterocycles. The maximum absolute atomic E-state index is 11.7. The molecule has 7 nitrogen and oxygen atoms in total. The minimum absolute atomic E-state index is 0.143. The first-order valence-electron chi connectivity index (χ1n) is 5.19. The fourth-order valence-electron chi connectivity index (χ4n) is 1.73. The monoisotopic (exact) mass is 279 g/mol. The summed E-state index contributed by atoms with van der Waals surface area (Å²) in [5.74, 6) is -1.59. The van der Waals surface area contributed by atoms with Crippen LogP contribution in [0.15, 0.2) is 18.2 Å². The lowest BCUT2D eigenvalue weighted by Crippen LogP contribution is -2.24. The number of benzene rings is 1.